The Kier molecular flexibility index (Phi) is 4.77. The summed E-state index contributed by atoms with van der Waals surface area (Å²) in [5, 5.41) is 12.9. The summed E-state index contributed by atoms with van der Waals surface area (Å²) in [6.07, 6.45) is -2.63. The van der Waals surface area contributed by atoms with Gasteiger partial charge in [0, 0.05) is 19.3 Å². The summed E-state index contributed by atoms with van der Waals surface area (Å²) in [6, 6.07) is 0. The average Bonchev–Trinajstić information content (AvgIpc) is 2.51. The minimum Gasteiger partial charge on any atom is -0.395 e. The van der Waals surface area contributed by atoms with Gasteiger partial charge in [0.15, 0.2) is 0 Å². The summed E-state index contributed by atoms with van der Waals surface area (Å²) in [6.45, 7) is 2.20. The van der Waals surface area contributed by atoms with Gasteiger partial charge in [-0.15, -0.1) is 0 Å². The zero-order valence-corrected chi connectivity index (χ0v) is 10.7. The Hall–Kier alpha value is -1.50. The van der Waals surface area contributed by atoms with Crippen molar-refractivity contribution in [3.05, 3.63) is 17.0 Å². The fourth-order valence-corrected chi connectivity index (χ4v) is 1.80. The summed E-state index contributed by atoms with van der Waals surface area (Å²) >= 11 is 0. The van der Waals surface area contributed by atoms with Crippen LogP contribution < -0.4 is 0 Å². The van der Waals surface area contributed by atoms with Crippen molar-refractivity contribution in [3.63, 3.8) is 0 Å². The Morgan fingerprint density at radius 1 is 1.50 bits per heavy atom. The number of hydrogen-bond acceptors (Lipinski definition) is 3. The van der Waals surface area contributed by atoms with Gasteiger partial charge in [0.05, 0.1) is 24.4 Å². The lowest BCUT2D eigenvalue weighted by Gasteiger charge is -2.21. The van der Waals surface area contributed by atoms with E-state index in [1.54, 1.807) is 20.9 Å². The van der Waals surface area contributed by atoms with Crippen LogP contribution >= 0.6 is 0 Å². The summed E-state index contributed by atoms with van der Waals surface area (Å²) in [7, 11) is 1.68. The van der Waals surface area contributed by atoms with E-state index in [2.05, 4.69) is 5.10 Å². The van der Waals surface area contributed by atoms with E-state index in [1.807, 2.05) is 0 Å². The zero-order chi connectivity index (χ0) is 13.9. The topological polar surface area (TPSA) is 58.4 Å². The first-order valence-electron chi connectivity index (χ1n) is 5.57. The molecule has 5 nitrogen and oxygen atoms in total. The van der Waals surface area contributed by atoms with Gasteiger partial charge in [-0.3, -0.25) is 9.48 Å². The number of nitrogens with zero attached hydrogens (tertiary/aromatic N) is 3. The number of amides is 1. The standard InChI is InChI=1S/C11H17F2N3O2/c1-7-10(8(2)15(3)14-7)11(18)16(4-5-17)6-9(12)13/h9,17H,4-6H2,1-3H3. The third kappa shape index (κ3) is 3.04. The third-order valence-electron chi connectivity index (χ3n) is 2.74. The Morgan fingerprint density at radius 3 is 2.50 bits per heavy atom. The second-order valence-electron chi connectivity index (χ2n) is 4.04. The number of rotatable bonds is 5. The number of aromatic nitrogens is 2. The van der Waals surface area contributed by atoms with Gasteiger partial charge in [-0.2, -0.15) is 5.10 Å². The maximum absolute atomic E-state index is 12.4. The first kappa shape index (κ1) is 14.6. The van der Waals surface area contributed by atoms with Crippen LogP contribution in [0.1, 0.15) is 21.7 Å². The molecule has 1 N–H and O–H groups in total. The van der Waals surface area contributed by atoms with Gasteiger partial charge in [-0.25, -0.2) is 8.78 Å². The molecule has 0 saturated heterocycles. The van der Waals surface area contributed by atoms with Crippen LogP contribution in [0, 0.1) is 13.8 Å². The van der Waals surface area contributed by atoms with Crippen molar-refractivity contribution in [1.29, 1.82) is 0 Å². The Bertz CT molecular complexity index is 432. The molecule has 102 valence electrons. The van der Waals surface area contributed by atoms with E-state index in [-0.39, 0.29) is 13.2 Å². The van der Waals surface area contributed by atoms with Gasteiger partial charge >= 0.3 is 0 Å². The second-order valence-corrected chi connectivity index (χ2v) is 4.04. The molecule has 1 amide bonds. The number of aryl methyl sites for hydroxylation is 2. The number of alkyl halides is 2. The second kappa shape index (κ2) is 5.90. The van der Waals surface area contributed by atoms with Gasteiger partial charge < -0.3 is 10.0 Å². The average molecular weight is 261 g/mol. The van der Waals surface area contributed by atoms with Crippen molar-refractivity contribution in [3.8, 4) is 0 Å². The summed E-state index contributed by atoms with van der Waals surface area (Å²) < 4.78 is 26.3. The van der Waals surface area contributed by atoms with E-state index in [0.717, 1.165) is 4.90 Å². The van der Waals surface area contributed by atoms with Crippen LogP contribution in [0.4, 0.5) is 8.78 Å². The van der Waals surface area contributed by atoms with Gasteiger partial charge in [0.2, 0.25) is 0 Å². The van der Waals surface area contributed by atoms with Crippen molar-refractivity contribution < 1.29 is 18.7 Å². The van der Waals surface area contributed by atoms with Gasteiger partial charge in [0.25, 0.3) is 12.3 Å². The van der Waals surface area contributed by atoms with Crippen molar-refractivity contribution in [2.45, 2.75) is 20.3 Å². The quantitative estimate of drug-likeness (QED) is 0.850. The highest BCUT2D eigenvalue weighted by Gasteiger charge is 2.24. The molecule has 0 aromatic carbocycles. The third-order valence-corrected chi connectivity index (χ3v) is 2.74. The van der Waals surface area contributed by atoms with Gasteiger partial charge in [-0.05, 0) is 13.8 Å². The maximum Gasteiger partial charge on any atom is 0.257 e. The minimum atomic E-state index is -2.63. The first-order chi connectivity index (χ1) is 8.38. The maximum atomic E-state index is 12.4. The van der Waals surface area contributed by atoms with E-state index >= 15 is 0 Å². The summed E-state index contributed by atoms with van der Waals surface area (Å²) in [5.74, 6) is -0.521. The summed E-state index contributed by atoms with van der Waals surface area (Å²) in [5.41, 5.74) is 1.44. The highest BCUT2D eigenvalue weighted by Crippen LogP contribution is 2.15. The Morgan fingerprint density at radius 2 is 2.11 bits per heavy atom. The molecule has 0 aliphatic carbocycles. The lowest BCUT2D eigenvalue weighted by molar-refractivity contribution is 0.0508. The molecule has 0 aliphatic heterocycles. The predicted molar refractivity (Wildman–Crippen MR) is 61.7 cm³/mol. The molecule has 0 radical (unpaired) electrons. The molecule has 1 heterocycles. The largest absolute Gasteiger partial charge is 0.395 e. The molecule has 0 spiro atoms. The van der Waals surface area contributed by atoms with E-state index in [0.29, 0.717) is 17.0 Å². The Labute approximate surface area is 104 Å². The van der Waals surface area contributed by atoms with E-state index in [1.165, 1.54) is 4.68 Å². The number of halogens is 2. The Balaban J connectivity index is 3.01. The van der Waals surface area contributed by atoms with Crippen LogP contribution in [0.15, 0.2) is 0 Å². The number of aliphatic hydroxyl groups excluding tert-OH is 1. The van der Waals surface area contributed by atoms with Crippen LogP contribution in [-0.4, -0.2) is 51.8 Å². The van der Waals surface area contributed by atoms with Crippen molar-refractivity contribution >= 4 is 5.91 Å². The molecule has 18 heavy (non-hydrogen) atoms. The molecule has 0 bridgehead atoms. The molecule has 1 aromatic heterocycles. The SMILES string of the molecule is Cc1nn(C)c(C)c1C(=O)N(CCO)CC(F)F. The van der Waals surface area contributed by atoms with E-state index < -0.39 is 18.9 Å². The van der Waals surface area contributed by atoms with Crippen LogP contribution in [0.5, 0.6) is 0 Å². The minimum absolute atomic E-state index is 0.114. The van der Waals surface area contributed by atoms with Crippen LogP contribution in [0.25, 0.3) is 0 Å². The van der Waals surface area contributed by atoms with E-state index in [4.69, 9.17) is 5.11 Å². The van der Waals surface area contributed by atoms with Crippen molar-refractivity contribution in [2.75, 3.05) is 19.7 Å². The first-order valence-corrected chi connectivity index (χ1v) is 5.57. The molecule has 0 fully saturated rings. The fourth-order valence-electron chi connectivity index (χ4n) is 1.80. The molecule has 0 saturated carbocycles. The fraction of sp³-hybridized carbons (Fsp3) is 0.636. The summed E-state index contributed by atoms with van der Waals surface area (Å²) in [4.78, 5) is 13.1. The van der Waals surface area contributed by atoms with Crippen LogP contribution in [0.2, 0.25) is 0 Å². The lowest BCUT2D eigenvalue weighted by Crippen LogP contribution is -2.37. The molecule has 0 atom stereocenters. The normalized spacial score (nSPS) is 11.1. The smallest absolute Gasteiger partial charge is 0.257 e. The molecule has 0 aliphatic rings. The zero-order valence-electron chi connectivity index (χ0n) is 10.7. The van der Waals surface area contributed by atoms with Gasteiger partial charge in [-0.1, -0.05) is 0 Å². The number of carbonyl (C=O) groups excluding carboxylic acids is 1. The van der Waals surface area contributed by atoms with Gasteiger partial charge in [0.1, 0.15) is 0 Å². The lowest BCUT2D eigenvalue weighted by atomic mass is 10.1. The molecular formula is C11H17F2N3O2. The van der Waals surface area contributed by atoms with Crippen LogP contribution in [-0.2, 0) is 7.05 Å². The number of aliphatic hydroxyl groups is 1. The molecular weight excluding hydrogens is 244 g/mol. The van der Waals surface area contributed by atoms with Crippen LogP contribution in [0.3, 0.4) is 0 Å². The molecule has 0 unspecified atom stereocenters. The molecule has 7 heteroatoms. The highest BCUT2D eigenvalue weighted by molar-refractivity contribution is 5.96. The monoisotopic (exact) mass is 261 g/mol. The molecule has 1 aromatic rings. The van der Waals surface area contributed by atoms with Crippen molar-refractivity contribution in [2.24, 2.45) is 7.05 Å². The van der Waals surface area contributed by atoms with E-state index in [9.17, 15) is 13.6 Å². The predicted octanol–water partition coefficient (Wildman–Crippen LogP) is 0.737. The van der Waals surface area contributed by atoms with Crippen molar-refractivity contribution in [1.82, 2.24) is 14.7 Å². The number of carbonyl (C=O) groups is 1. The highest BCUT2D eigenvalue weighted by atomic mass is 19.3. The molecule has 1 rings (SSSR count). The number of hydrogen-bond donors (Lipinski definition) is 1.